The van der Waals surface area contributed by atoms with Gasteiger partial charge in [0.25, 0.3) is 0 Å². The topological polar surface area (TPSA) is 21.7 Å². The van der Waals surface area contributed by atoms with E-state index < -0.39 is 0 Å². The monoisotopic (exact) mass is 273 g/mol. The maximum atomic E-state index is 5.45. The van der Waals surface area contributed by atoms with Crippen molar-refractivity contribution in [3.63, 3.8) is 0 Å². The molecule has 0 fully saturated rings. The molecule has 2 aromatic carbocycles. The normalized spacial score (nSPS) is 11.1. The van der Waals surface area contributed by atoms with Crippen LogP contribution < -0.4 is 9.47 Å². The molecule has 0 unspecified atom stereocenters. The second-order valence-electron chi connectivity index (χ2n) is 5.25. The molecule has 0 radical (unpaired) electrons. The molecule has 0 aliphatic carbocycles. The maximum absolute atomic E-state index is 5.45. The first-order chi connectivity index (χ1) is 9.65. The summed E-state index contributed by atoms with van der Waals surface area (Å²) in [5, 5.41) is 2.37. The lowest BCUT2D eigenvalue weighted by atomic mass is 9.99. The third-order valence-electron chi connectivity index (χ3n) is 3.55. The van der Waals surface area contributed by atoms with Crippen molar-refractivity contribution in [2.45, 2.75) is 12.8 Å². The largest absolute Gasteiger partial charge is 0.497 e. The highest BCUT2D eigenvalue weighted by molar-refractivity contribution is 5.92. The summed E-state index contributed by atoms with van der Waals surface area (Å²) in [4.78, 5) is 2.21. The summed E-state index contributed by atoms with van der Waals surface area (Å²) < 4.78 is 10.8. The van der Waals surface area contributed by atoms with Crippen LogP contribution in [0.5, 0.6) is 11.5 Å². The van der Waals surface area contributed by atoms with Crippen molar-refractivity contribution in [2.75, 3.05) is 34.9 Å². The van der Waals surface area contributed by atoms with Gasteiger partial charge in [-0.05, 0) is 68.7 Å². The van der Waals surface area contributed by atoms with Gasteiger partial charge in [0.1, 0.15) is 11.5 Å². The van der Waals surface area contributed by atoms with Crippen LogP contribution in [0.2, 0.25) is 0 Å². The third kappa shape index (κ3) is 3.23. The SMILES string of the molecule is COc1ccc2c(OC)ccc(CCCN(C)C)c2c1. The lowest BCUT2D eigenvalue weighted by Gasteiger charge is -2.13. The first kappa shape index (κ1) is 14.7. The Morgan fingerprint density at radius 2 is 1.75 bits per heavy atom. The third-order valence-corrected chi connectivity index (χ3v) is 3.55. The van der Waals surface area contributed by atoms with E-state index in [1.807, 2.05) is 6.07 Å². The van der Waals surface area contributed by atoms with Crippen molar-refractivity contribution >= 4 is 10.8 Å². The van der Waals surface area contributed by atoms with Crippen LogP contribution in [0.15, 0.2) is 30.3 Å². The van der Waals surface area contributed by atoms with Crippen molar-refractivity contribution in [3.05, 3.63) is 35.9 Å². The molecule has 0 aliphatic heterocycles. The van der Waals surface area contributed by atoms with Crippen LogP contribution in [0.25, 0.3) is 10.8 Å². The number of aryl methyl sites for hydroxylation is 1. The Kier molecular flexibility index (Phi) is 4.85. The number of nitrogens with zero attached hydrogens (tertiary/aromatic N) is 1. The van der Waals surface area contributed by atoms with E-state index in [4.69, 9.17) is 9.47 Å². The highest BCUT2D eigenvalue weighted by atomic mass is 16.5. The van der Waals surface area contributed by atoms with E-state index in [-0.39, 0.29) is 0 Å². The molecule has 0 saturated heterocycles. The van der Waals surface area contributed by atoms with Gasteiger partial charge in [0.2, 0.25) is 0 Å². The highest BCUT2D eigenvalue weighted by Gasteiger charge is 2.08. The molecule has 0 spiro atoms. The van der Waals surface area contributed by atoms with E-state index in [2.05, 4.69) is 43.3 Å². The lowest BCUT2D eigenvalue weighted by molar-refractivity contribution is 0.400. The molecule has 0 bridgehead atoms. The Hall–Kier alpha value is -1.74. The van der Waals surface area contributed by atoms with Gasteiger partial charge in [0.05, 0.1) is 14.2 Å². The Morgan fingerprint density at radius 3 is 2.40 bits per heavy atom. The predicted octanol–water partition coefficient (Wildman–Crippen LogP) is 3.35. The van der Waals surface area contributed by atoms with E-state index in [0.717, 1.165) is 36.3 Å². The summed E-state index contributed by atoms with van der Waals surface area (Å²) in [6.07, 6.45) is 2.21. The minimum atomic E-state index is 0.889. The summed E-state index contributed by atoms with van der Waals surface area (Å²) in [7, 11) is 7.63. The van der Waals surface area contributed by atoms with Gasteiger partial charge in [-0.15, -0.1) is 0 Å². The molecule has 0 aliphatic rings. The van der Waals surface area contributed by atoms with Crippen LogP contribution >= 0.6 is 0 Å². The molecule has 3 heteroatoms. The van der Waals surface area contributed by atoms with Crippen molar-refractivity contribution in [2.24, 2.45) is 0 Å². The predicted molar refractivity (Wildman–Crippen MR) is 83.9 cm³/mol. The molecule has 0 N–H and O–H groups in total. The Balaban J connectivity index is 2.37. The molecule has 0 heterocycles. The van der Waals surface area contributed by atoms with E-state index >= 15 is 0 Å². The van der Waals surface area contributed by atoms with E-state index in [1.54, 1.807) is 14.2 Å². The summed E-state index contributed by atoms with van der Waals surface area (Å²) in [5.41, 5.74) is 1.35. The maximum Gasteiger partial charge on any atom is 0.126 e. The van der Waals surface area contributed by atoms with Crippen LogP contribution in [0.3, 0.4) is 0 Å². The molecule has 0 atom stereocenters. The number of rotatable bonds is 6. The molecule has 2 rings (SSSR count). The van der Waals surface area contributed by atoms with Gasteiger partial charge in [-0.3, -0.25) is 0 Å². The van der Waals surface area contributed by atoms with Gasteiger partial charge >= 0.3 is 0 Å². The van der Waals surface area contributed by atoms with Crippen LogP contribution in [0.1, 0.15) is 12.0 Å². The Morgan fingerprint density at radius 1 is 0.950 bits per heavy atom. The van der Waals surface area contributed by atoms with Gasteiger partial charge in [-0.1, -0.05) is 6.07 Å². The van der Waals surface area contributed by atoms with E-state index in [9.17, 15) is 0 Å². The van der Waals surface area contributed by atoms with Gasteiger partial charge in [-0.2, -0.15) is 0 Å². The second-order valence-corrected chi connectivity index (χ2v) is 5.25. The van der Waals surface area contributed by atoms with Crippen molar-refractivity contribution in [3.8, 4) is 11.5 Å². The van der Waals surface area contributed by atoms with E-state index in [1.165, 1.54) is 10.9 Å². The summed E-state index contributed by atoms with van der Waals surface area (Å²) in [5.74, 6) is 1.80. The average molecular weight is 273 g/mol. The first-order valence-electron chi connectivity index (χ1n) is 6.94. The fourth-order valence-corrected chi connectivity index (χ4v) is 2.47. The number of methoxy groups -OCH3 is 2. The smallest absolute Gasteiger partial charge is 0.126 e. The molecule has 0 saturated carbocycles. The molecule has 0 aromatic heterocycles. The number of benzene rings is 2. The molecular formula is C17H23NO2. The standard InChI is InChI=1S/C17H23NO2/c1-18(2)11-5-6-13-7-10-17(20-4)15-9-8-14(19-3)12-16(13)15/h7-10,12H,5-6,11H2,1-4H3. The molecule has 0 amide bonds. The number of hydrogen-bond acceptors (Lipinski definition) is 3. The van der Waals surface area contributed by atoms with Crippen molar-refractivity contribution in [1.82, 2.24) is 4.90 Å². The fourth-order valence-electron chi connectivity index (χ4n) is 2.47. The quantitative estimate of drug-likeness (QED) is 0.805. The van der Waals surface area contributed by atoms with Gasteiger partial charge < -0.3 is 14.4 Å². The van der Waals surface area contributed by atoms with Crippen molar-refractivity contribution < 1.29 is 9.47 Å². The van der Waals surface area contributed by atoms with Crippen LogP contribution in [0, 0.1) is 0 Å². The Bertz CT molecular complexity index is 578. The van der Waals surface area contributed by atoms with Crippen LogP contribution in [-0.4, -0.2) is 39.8 Å². The van der Waals surface area contributed by atoms with Crippen molar-refractivity contribution in [1.29, 1.82) is 0 Å². The zero-order valence-corrected chi connectivity index (χ0v) is 12.8. The van der Waals surface area contributed by atoms with Gasteiger partial charge in [-0.25, -0.2) is 0 Å². The minimum Gasteiger partial charge on any atom is -0.497 e. The lowest BCUT2D eigenvalue weighted by Crippen LogP contribution is -2.13. The highest BCUT2D eigenvalue weighted by Crippen LogP contribution is 2.32. The summed E-state index contributed by atoms with van der Waals surface area (Å²) in [6.45, 7) is 1.09. The zero-order valence-electron chi connectivity index (χ0n) is 12.8. The molecule has 3 nitrogen and oxygen atoms in total. The van der Waals surface area contributed by atoms with Crippen LogP contribution in [-0.2, 0) is 6.42 Å². The molecule has 108 valence electrons. The average Bonchev–Trinajstić information content (AvgIpc) is 2.46. The van der Waals surface area contributed by atoms with Gasteiger partial charge in [0, 0.05) is 5.39 Å². The number of fused-ring (bicyclic) bond motifs is 1. The Labute approximate surface area is 121 Å². The minimum absolute atomic E-state index is 0.889. The molecular weight excluding hydrogens is 250 g/mol. The van der Waals surface area contributed by atoms with Crippen LogP contribution in [0.4, 0.5) is 0 Å². The number of hydrogen-bond donors (Lipinski definition) is 0. The second kappa shape index (κ2) is 6.62. The fraction of sp³-hybridized carbons (Fsp3) is 0.412. The number of ether oxygens (including phenoxy) is 2. The van der Waals surface area contributed by atoms with E-state index in [0.29, 0.717) is 0 Å². The molecule has 20 heavy (non-hydrogen) atoms. The van der Waals surface area contributed by atoms with Gasteiger partial charge in [0.15, 0.2) is 0 Å². The summed E-state index contributed by atoms with van der Waals surface area (Å²) >= 11 is 0. The molecule has 2 aromatic rings. The zero-order chi connectivity index (χ0) is 14.5. The first-order valence-corrected chi connectivity index (χ1v) is 6.94. The summed E-state index contributed by atoms with van der Waals surface area (Å²) in [6, 6.07) is 10.4.